The third-order valence-corrected chi connectivity index (χ3v) is 6.20. The summed E-state index contributed by atoms with van der Waals surface area (Å²) in [5.74, 6) is 0.853. The van der Waals surface area contributed by atoms with Crippen LogP contribution in [0, 0.1) is 5.92 Å². The van der Waals surface area contributed by atoms with Gasteiger partial charge in [-0.3, -0.25) is 0 Å². The molecule has 2 aromatic heterocycles. The summed E-state index contributed by atoms with van der Waals surface area (Å²) in [5, 5.41) is 0. The second-order valence-corrected chi connectivity index (χ2v) is 9.46. The van der Waals surface area contributed by atoms with E-state index in [1.54, 1.807) is 6.20 Å². The molecule has 3 aromatic rings. The molecule has 1 aromatic carbocycles. The lowest BCUT2D eigenvalue weighted by Gasteiger charge is -2.38. The lowest BCUT2D eigenvalue weighted by atomic mass is 9.80. The predicted octanol–water partition coefficient (Wildman–Crippen LogP) is 5.91. The number of rotatable bonds is 4. The highest BCUT2D eigenvalue weighted by molar-refractivity contribution is 5.71. The Balaban J connectivity index is 1.56. The number of ether oxygens (including phenoxy) is 1. The Morgan fingerprint density at radius 1 is 1.13 bits per heavy atom. The average Bonchev–Trinajstić information content (AvgIpc) is 3.14. The van der Waals surface area contributed by atoms with Crippen LogP contribution in [-0.2, 0) is 4.74 Å². The first-order chi connectivity index (χ1) is 14.4. The summed E-state index contributed by atoms with van der Waals surface area (Å²) in [6.07, 6.45) is 13.9. The molecule has 0 radical (unpaired) electrons. The molecule has 30 heavy (non-hydrogen) atoms. The van der Waals surface area contributed by atoms with Crippen molar-refractivity contribution in [3.63, 3.8) is 0 Å². The van der Waals surface area contributed by atoms with Crippen LogP contribution in [0.4, 0.5) is 0 Å². The van der Waals surface area contributed by atoms with Crippen LogP contribution in [0.3, 0.4) is 0 Å². The van der Waals surface area contributed by atoms with Crippen LogP contribution in [0.15, 0.2) is 61.1 Å². The van der Waals surface area contributed by atoms with Crippen LogP contribution in [0.1, 0.15) is 62.8 Å². The summed E-state index contributed by atoms with van der Waals surface area (Å²) in [5.41, 5.74) is 5.63. The van der Waals surface area contributed by atoms with Gasteiger partial charge in [-0.2, -0.15) is 0 Å². The number of imidazole rings is 1. The molecule has 0 bridgehead atoms. The van der Waals surface area contributed by atoms with Gasteiger partial charge in [-0.25, -0.2) is 9.97 Å². The maximum Gasteiger partial charge on any atom is 0.177 e. The smallest absolute Gasteiger partial charge is 0.177 e. The van der Waals surface area contributed by atoms with Gasteiger partial charge in [0.1, 0.15) is 0 Å². The van der Waals surface area contributed by atoms with E-state index in [1.165, 1.54) is 16.7 Å². The Kier molecular flexibility index (Phi) is 4.62. The van der Waals surface area contributed by atoms with Crippen LogP contribution in [-0.4, -0.2) is 26.2 Å². The number of aromatic nitrogens is 3. The maximum atomic E-state index is 6.28. The number of benzene rings is 1. The Morgan fingerprint density at radius 3 is 2.83 bits per heavy atom. The zero-order valence-electron chi connectivity index (χ0n) is 18.1. The highest BCUT2D eigenvalue weighted by Gasteiger charge is 2.33. The summed E-state index contributed by atoms with van der Waals surface area (Å²) in [6, 6.07) is 11.3. The zero-order chi connectivity index (χ0) is 20.9. The Labute approximate surface area is 178 Å². The van der Waals surface area contributed by atoms with Crippen molar-refractivity contribution in [2.75, 3.05) is 0 Å². The first kappa shape index (κ1) is 19.3. The molecule has 3 heterocycles. The van der Waals surface area contributed by atoms with Gasteiger partial charge in [-0.15, -0.1) is 0 Å². The van der Waals surface area contributed by atoms with Gasteiger partial charge in [0.15, 0.2) is 5.65 Å². The van der Waals surface area contributed by atoms with Gasteiger partial charge in [0.05, 0.1) is 29.6 Å². The maximum absolute atomic E-state index is 6.28. The van der Waals surface area contributed by atoms with E-state index in [0.29, 0.717) is 5.92 Å². The van der Waals surface area contributed by atoms with E-state index < -0.39 is 0 Å². The Bertz CT molecular complexity index is 1140. The van der Waals surface area contributed by atoms with E-state index >= 15 is 0 Å². The summed E-state index contributed by atoms with van der Waals surface area (Å²) in [6.45, 7) is 8.79. The number of pyridine rings is 1. The minimum absolute atomic E-state index is 0.110. The van der Waals surface area contributed by atoms with Crippen molar-refractivity contribution in [2.45, 2.75) is 57.8 Å². The molecule has 0 saturated heterocycles. The van der Waals surface area contributed by atoms with E-state index in [-0.39, 0.29) is 23.7 Å². The van der Waals surface area contributed by atoms with E-state index in [0.717, 1.165) is 17.6 Å². The fourth-order valence-electron chi connectivity index (χ4n) is 4.77. The van der Waals surface area contributed by atoms with Crippen molar-refractivity contribution < 1.29 is 4.74 Å². The molecule has 0 N–H and O–H groups in total. The van der Waals surface area contributed by atoms with E-state index in [9.17, 15) is 0 Å². The van der Waals surface area contributed by atoms with Gasteiger partial charge in [-0.05, 0) is 61.1 Å². The lowest BCUT2D eigenvalue weighted by molar-refractivity contribution is -0.0336. The van der Waals surface area contributed by atoms with E-state index in [1.807, 2.05) is 12.4 Å². The van der Waals surface area contributed by atoms with Gasteiger partial charge in [0.25, 0.3) is 0 Å². The standard InChI is InChI=1S/C26H29N3O/c1-17(2)14-23(29-16-28-25-22(29)6-5-13-27-25)19-7-9-20-18(15-19)8-10-24-21(20)11-12-26(3,4)30-24/h5-13,15-17,21,23-24H,14H2,1-4H3. The quantitative estimate of drug-likeness (QED) is 0.512. The number of hydrogen-bond donors (Lipinski definition) is 0. The molecule has 5 rings (SSSR count). The second kappa shape index (κ2) is 7.21. The number of nitrogens with zero attached hydrogens (tertiary/aromatic N) is 3. The molecule has 0 saturated carbocycles. The van der Waals surface area contributed by atoms with Crippen molar-refractivity contribution in [3.05, 3.63) is 77.8 Å². The second-order valence-electron chi connectivity index (χ2n) is 9.46. The average molecular weight is 400 g/mol. The molecule has 4 nitrogen and oxygen atoms in total. The van der Waals surface area contributed by atoms with Crippen LogP contribution >= 0.6 is 0 Å². The molecule has 1 aliphatic heterocycles. The molecule has 3 atom stereocenters. The highest BCUT2D eigenvalue weighted by Crippen LogP contribution is 2.40. The molecule has 154 valence electrons. The van der Waals surface area contributed by atoms with Crippen molar-refractivity contribution in [1.29, 1.82) is 0 Å². The molecule has 2 aliphatic rings. The van der Waals surface area contributed by atoms with Gasteiger partial charge >= 0.3 is 0 Å². The summed E-state index contributed by atoms with van der Waals surface area (Å²) in [7, 11) is 0. The van der Waals surface area contributed by atoms with Gasteiger partial charge in [-0.1, -0.05) is 50.3 Å². The summed E-state index contributed by atoms with van der Waals surface area (Å²) >= 11 is 0. The van der Waals surface area contributed by atoms with Gasteiger partial charge < -0.3 is 9.30 Å². The SMILES string of the molecule is CC(C)CC(c1ccc2c(c1)C=CC1OC(C)(C)C=CC21)n1cnc2ncccc21. The van der Waals surface area contributed by atoms with Crippen LogP contribution in [0.25, 0.3) is 17.2 Å². The van der Waals surface area contributed by atoms with E-state index in [2.05, 4.69) is 90.8 Å². The molecule has 4 heteroatoms. The van der Waals surface area contributed by atoms with Crippen molar-refractivity contribution in [1.82, 2.24) is 14.5 Å². The van der Waals surface area contributed by atoms with Crippen molar-refractivity contribution >= 4 is 17.2 Å². The Morgan fingerprint density at radius 2 is 2.00 bits per heavy atom. The number of fused-ring (bicyclic) bond motifs is 4. The Hall–Kier alpha value is -2.72. The molecular weight excluding hydrogens is 370 g/mol. The first-order valence-corrected chi connectivity index (χ1v) is 10.9. The van der Waals surface area contributed by atoms with Crippen LogP contribution in [0.2, 0.25) is 0 Å². The minimum atomic E-state index is -0.207. The van der Waals surface area contributed by atoms with Crippen LogP contribution < -0.4 is 0 Å². The molecule has 3 unspecified atom stereocenters. The zero-order valence-corrected chi connectivity index (χ0v) is 18.1. The van der Waals surface area contributed by atoms with Gasteiger partial charge in [0.2, 0.25) is 0 Å². The lowest BCUT2D eigenvalue weighted by Crippen LogP contribution is -2.36. The largest absolute Gasteiger partial charge is 0.363 e. The topological polar surface area (TPSA) is 39.9 Å². The fourth-order valence-corrected chi connectivity index (χ4v) is 4.77. The first-order valence-electron chi connectivity index (χ1n) is 10.9. The minimum Gasteiger partial charge on any atom is -0.363 e. The molecule has 1 aliphatic carbocycles. The van der Waals surface area contributed by atoms with Crippen molar-refractivity contribution in [2.24, 2.45) is 5.92 Å². The predicted molar refractivity (Wildman–Crippen MR) is 121 cm³/mol. The summed E-state index contributed by atoms with van der Waals surface area (Å²) in [4.78, 5) is 8.96. The number of hydrogen-bond acceptors (Lipinski definition) is 3. The van der Waals surface area contributed by atoms with Crippen LogP contribution in [0.5, 0.6) is 0 Å². The van der Waals surface area contributed by atoms with Gasteiger partial charge in [0, 0.05) is 12.1 Å². The third-order valence-electron chi connectivity index (χ3n) is 6.20. The van der Waals surface area contributed by atoms with E-state index in [4.69, 9.17) is 4.74 Å². The molecule has 0 amide bonds. The molecule has 0 fully saturated rings. The summed E-state index contributed by atoms with van der Waals surface area (Å²) < 4.78 is 8.56. The molecule has 0 spiro atoms. The highest BCUT2D eigenvalue weighted by atomic mass is 16.5. The molecular formula is C26H29N3O. The fraction of sp³-hybridized carbons (Fsp3) is 0.385. The monoisotopic (exact) mass is 399 g/mol. The normalized spacial score (nSPS) is 22.8. The van der Waals surface area contributed by atoms with Crippen molar-refractivity contribution in [3.8, 4) is 0 Å². The third kappa shape index (κ3) is 3.39.